The van der Waals surface area contributed by atoms with E-state index in [1.807, 2.05) is 0 Å². The quantitative estimate of drug-likeness (QED) is 0.784. The number of hydrogen-bond donors (Lipinski definition) is 1. The van der Waals surface area contributed by atoms with Crippen LogP contribution in [0.5, 0.6) is 0 Å². The molecule has 0 saturated heterocycles. The Bertz CT molecular complexity index is 477. The molecule has 0 aliphatic carbocycles. The van der Waals surface area contributed by atoms with Crippen LogP contribution in [0.2, 0.25) is 4.34 Å². The third-order valence-corrected chi connectivity index (χ3v) is 3.95. The molecule has 1 N–H and O–H groups in total. The van der Waals surface area contributed by atoms with Crippen molar-refractivity contribution in [1.29, 1.82) is 0 Å². The third kappa shape index (κ3) is 4.47. The molecule has 1 heterocycles. The van der Waals surface area contributed by atoms with E-state index in [-0.39, 0.29) is 12.5 Å². The van der Waals surface area contributed by atoms with Crippen LogP contribution in [0.4, 0.5) is 0 Å². The summed E-state index contributed by atoms with van der Waals surface area (Å²) in [5, 5.41) is 2.70. The summed E-state index contributed by atoms with van der Waals surface area (Å²) in [7, 11) is 1.53. The molecule has 0 radical (unpaired) electrons. The maximum atomic E-state index is 12.1. The second-order valence-electron chi connectivity index (χ2n) is 4.35. The van der Waals surface area contributed by atoms with Crippen molar-refractivity contribution in [3.8, 4) is 0 Å². The lowest BCUT2D eigenvalue weighted by atomic mass is 9.98. The number of amides is 1. The van der Waals surface area contributed by atoms with Crippen LogP contribution in [0, 0.1) is 0 Å². The third-order valence-electron chi connectivity index (χ3n) is 2.72. The lowest BCUT2D eigenvalue weighted by Gasteiger charge is -2.28. The molecule has 0 saturated carbocycles. The van der Waals surface area contributed by atoms with Crippen molar-refractivity contribution in [3.05, 3.63) is 21.3 Å². The number of carbonyl (C=O) groups is 2. The molecule has 7 heteroatoms. The van der Waals surface area contributed by atoms with Gasteiger partial charge in [0.05, 0.1) is 15.8 Å². The summed E-state index contributed by atoms with van der Waals surface area (Å²) < 4.78 is 10.5. The van der Waals surface area contributed by atoms with Crippen LogP contribution >= 0.6 is 22.9 Å². The zero-order valence-corrected chi connectivity index (χ0v) is 13.3. The molecule has 0 aliphatic rings. The molecule has 112 valence electrons. The summed E-state index contributed by atoms with van der Waals surface area (Å²) in [6, 6.07) is 3.25. The first-order chi connectivity index (χ1) is 9.42. The van der Waals surface area contributed by atoms with E-state index < -0.39 is 11.5 Å². The van der Waals surface area contributed by atoms with E-state index in [4.69, 9.17) is 21.1 Å². The Morgan fingerprint density at radius 3 is 2.65 bits per heavy atom. The molecule has 0 bridgehead atoms. The van der Waals surface area contributed by atoms with Crippen molar-refractivity contribution >= 4 is 34.8 Å². The van der Waals surface area contributed by atoms with Gasteiger partial charge in [0.25, 0.3) is 5.91 Å². The largest absolute Gasteiger partial charge is 0.464 e. The van der Waals surface area contributed by atoms with Gasteiger partial charge in [-0.15, -0.1) is 11.3 Å². The Labute approximate surface area is 127 Å². The number of esters is 1. The van der Waals surface area contributed by atoms with E-state index in [0.29, 0.717) is 22.2 Å². The SMILES string of the molecule is CCOC(=O)C(C)(CCOC)NC(=O)c1ccc(Cl)s1. The molecule has 1 unspecified atom stereocenters. The van der Waals surface area contributed by atoms with Gasteiger partial charge in [-0.25, -0.2) is 4.79 Å². The van der Waals surface area contributed by atoms with Gasteiger partial charge in [0, 0.05) is 20.1 Å². The molecular formula is C13H18ClNO4S. The van der Waals surface area contributed by atoms with Gasteiger partial charge in [-0.1, -0.05) is 11.6 Å². The van der Waals surface area contributed by atoms with Crippen LogP contribution in [-0.2, 0) is 14.3 Å². The van der Waals surface area contributed by atoms with E-state index in [1.165, 1.54) is 7.11 Å². The zero-order valence-electron chi connectivity index (χ0n) is 11.7. The highest BCUT2D eigenvalue weighted by Crippen LogP contribution is 2.22. The molecular weight excluding hydrogens is 302 g/mol. The first kappa shape index (κ1) is 16.9. The van der Waals surface area contributed by atoms with Gasteiger partial charge >= 0.3 is 5.97 Å². The molecule has 0 aromatic carbocycles. The van der Waals surface area contributed by atoms with Crippen LogP contribution < -0.4 is 5.32 Å². The Balaban J connectivity index is 2.83. The number of rotatable bonds is 7. The Hall–Kier alpha value is -1.11. The molecule has 1 aromatic heterocycles. The van der Waals surface area contributed by atoms with E-state index in [2.05, 4.69) is 5.32 Å². The molecule has 1 amide bonds. The maximum absolute atomic E-state index is 12.1. The molecule has 1 rings (SSSR count). The molecule has 5 nitrogen and oxygen atoms in total. The second-order valence-corrected chi connectivity index (χ2v) is 6.07. The van der Waals surface area contributed by atoms with Gasteiger partial charge in [-0.05, 0) is 26.0 Å². The first-order valence-corrected chi connectivity index (χ1v) is 7.36. The lowest BCUT2D eigenvalue weighted by Crippen LogP contribution is -2.53. The van der Waals surface area contributed by atoms with Crippen LogP contribution in [0.15, 0.2) is 12.1 Å². The monoisotopic (exact) mass is 319 g/mol. The van der Waals surface area contributed by atoms with Crippen LogP contribution in [0.3, 0.4) is 0 Å². The topological polar surface area (TPSA) is 64.6 Å². The average Bonchev–Trinajstić information content (AvgIpc) is 2.83. The van der Waals surface area contributed by atoms with Crippen LogP contribution in [-0.4, -0.2) is 37.7 Å². The maximum Gasteiger partial charge on any atom is 0.331 e. The number of thiophene rings is 1. The number of ether oxygens (including phenoxy) is 2. The minimum atomic E-state index is -1.13. The fourth-order valence-electron chi connectivity index (χ4n) is 1.56. The van der Waals surface area contributed by atoms with Crippen molar-refractivity contribution in [2.24, 2.45) is 0 Å². The van der Waals surface area contributed by atoms with Crippen LogP contribution in [0.25, 0.3) is 0 Å². The van der Waals surface area contributed by atoms with Gasteiger partial charge in [0.2, 0.25) is 0 Å². The summed E-state index contributed by atoms with van der Waals surface area (Å²) in [6.45, 7) is 3.93. The minimum absolute atomic E-state index is 0.252. The summed E-state index contributed by atoms with van der Waals surface area (Å²) in [6.07, 6.45) is 0.327. The number of halogens is 1. The first-order valence-electron chi connectivity index (χ1n) is 6.17. The minimum Gasteiger partial charge on any atom is -0.464 e. The van der Waals surface area contributed by atoms with Crippen molar-refractivity contribution in [1.82, 2.24) is 5.32 Å². The fraction of sp³-hybridized carbons (Fsp3) is 0.538. The number of nitrogens with one attached hydrogen (secondary N) is 1. The summed E-state index contributed by atoms with van der Waals surface area (Å²) >= 11 is 6.95. The van der Waals surface area contributed by atoms with E-state index >= 15 is 0 Å². The standard InChI is InChI=1S/C13H18ClNO4S/c1-4-19-12(17)13(2,7-8-18-3)15-11(16)9-5-6-10(14)20-9/h5-6H,4,7-8H2,1-3H3,(H,15,16). The highest BCUT2D eigenvalue weighted by atomic mass is 35.5. The number of carbonyl (C=O) groups excluding carboxylic acids is 2. The molecule has 20 heavy (non-hydrogen) atoms. The highest BCUT2D eigenvalue weighted by Gasteiger charge is 2.36. The predicted molar refractivity (Wildman–Crippen MR) is 78.3 cm³/mol. The van der Waals surface area contributed by atoms with Crippen molar-refractivity contribution in [3.63, 3.8) is 0 Å². The lowest BCUT2D eigenvalue weighted by molar-refractivity contribution is -0.150. The Morgan fingerprint density at radius 2 is 2.15 bits per heavy atom. The molecule has 0 fully saturated rings. The van der Waals surface area contributed by atoms with Gasteiger partial charge in [0.15, 0.2) is 0 Å². The Kier molecular flexibility index (Phi) is 6.45. The van der Waals surface area contributed by atoms with Crippen LogP contribution in [0.1, 0.15) is 29.9 Å². The van der Waals surface area contributed by atoms with Gasteiger partial charge < -0.3 is 14.8 Å². The van der Waals surface area contributed by atoms with Crippen molar-refractivity contribution in [2.45, 2.75) is 25.8 Å². The average molecular weight is 320 g/mol. The molecule has 1 atom stereocenters. The molecule has 1 aromatic rings. The zero-order chi connectivity index (χ0) is 15.2. The van der Waals surface area contributed by atoms with E-state index in [9.17, 15) is 9.59 Å². The smallest absolute Gasteiger partial charge is 0.331 e. The summed E-state index contributed by atoms with van der Waals surface area (Å²) in [5.41, 5.74) is -1.13. The van der Waals surface area contributed by atoms with Crippen molar-refractivity contribution < 1.29 is 19.1 Å². The number of methoxy groups -OCH3 is 1. The predicted octanol–water partition coefficient (Wildman–Crippen LogP) is 2.49. The van der Waals surface area contributed by atoms with Gasteiger partial charge in [-0.3, -0.25) is 4.79 Å². The second kappa shape index (κ2) is 7.61. The molecule has 0 aliphatic heterocycles. The van der Waals surface area contributed by atoms with Gasteiger partial charge in [0.1, 0.15) is 5.54 Å². The summed E-state index contributed by atoms with van der Waals surface area (Å²) in [4.78, 5) is 24.6. The normalized spacial score (nSPS) is 13.6. The van der Waals surface area contributed by atoms with E-state index in [1.54, 1.807) is 26.0 Å². The fourth-order valence-corrected chi connectivity index (χ4v) is 2.50. The van der Waals surface area contributed by atoms with E-state index in [0.717, 1.165) is 11.3 Å². The summed E-state index contributed by atoms with van der Waals surface area (Å²) in [5.74, 6) is -0.832. The van der Waals surface area contributed by atoms with Gasteiger partial charge in [-0.2, -0.15) is 0 Å². The molecule has 0 spiro atoms. The number of hydrogen-bond acceptors (Lipinski definition) is 5. The van der Waals surface area contributed by atoms with Crippen molar-refractivity contribution in [2.75, 3.05) is 20.3 Å². The highest BCUT2D eigenvalue weighted by molar-refractivity contribution is 7.18. The Morgan fingerprint density at radius 1 is 1.45 bits per heavy atom.